The molecule has 0 fully saturated rings. The van der Waals surface area contributed by atoms with Crippen LogP contribution >= 0.6 is 0 Å². The molecule has 4 rings (SSSR count). The Hall–Kier alpha value is -2.24. The van der Waals surface area contributed by atoms with E-state index >= 15 is 0 Å². The van der Waals surface area contributed by atoms with E-state index < -0.39 is 0 Å². The standard InChI is InChI=1S/C21H23F2N3/c22-15-3-6-17(7-4-15)26-20-8-5-16(23)13-18(20)19-14-25(11-2-1-10-24)12-9-21(19)26/h3-8,13H,1-2,9-12,14,24H2. The van der Waals surface area contributed by atoms with Crippen molar-refractivity contribution >= 4 is 10.9 Å². The number of fused-ring (bicyclic) bond motifs is 3. The predicted octanol–water partition coefficient (Wildman–Crippen LogP) is 4.01. The first-order chi connectivity index (χ1) is 12.7. The van der Waals surface area contributed by atoms with Crippen molar-refractivity contribution < 1.29 is 8.78 Å². The van der Waals surface area contributed by atoms with Crippen LogP contribution in [0.15, 0.2) is 42.5 Å². The summed E-state index contributed by atoms with van der Waals surface area (Å²) in [6.07, 6.45) is 3.00. The van der Waals surface area contributed by atoms with Crippen LogP contribution < -0.4 is 5.73 Å². The van der Waals surface area contributed by atoms with Crippen LogP contribution in [0.4, 0.5) is 8.78 Å². The van der Waals surface area contributed by atoms with Crippen LogP contribution in [0.1, 0.15) is 24.1 Å². The molecular formula is C21H23F2N3. The van der Waals surface area contributed by atoms with E-state index in [4.69, 9.17) is 5.73 Å². The summed E-state index contributed by atoms with van der Waals surface area (Å²) in [6.45, 7) is 3.51. The van der Waals surface area contributed by atoms with Gasteiger partial charge in [-0.05, 0) is 74.0 Å². The second kappa shape index (κ2) is 7.17. The highest BCUT2D eigenvalue weighted by Crippen LogP contribution is 2.34. The number of benzene rings is 2. The summed E-state index contributed by atoms with van der Waals surface area (Å²) in [4.78, 5) is 2.41. The van der Waals surface area contributed by atoms with Crippen molar-refractivity contribution in [3.05, 3.63) is 65.4 Å². The molecule has 0 aliphatic carbocycles. The van der Waals surface area contributed by atoms with E-state index in [2.05, 4.69) is 9.47 Å². The van der Waals surface area contributed by atoms with Gasteiger partial charge in [0, 0.05) is 36.3 Å². The van der Waals surface area contributed by atoms with Gasteiger partial charge in [-0.25, -0.2) is 8.78 Å². The number of hydrogen-bond donors (Lipinski definition) is 1. The van der Waals surface area contributed by atoms with Crippen molar-refractivity contribution in [3.63, 3.8) is 0 Å². The lowest BCUT2D eigenvalue weighted by Gasteiger charge is -2.28. The Morgan fingerprint density at radius 3 is 2.50 bits per heavy atom. The molecule has 2 N–H and O–H groups in total. The van der Waals surface area contributed by atoms with Gasteiger partial charge in [0.15, 0.2) is 0 Å². The molecule has 5 heteroatoms. The number of nitrogens with zero attached hydrogens (tertiary/aromatic N) is 2. The van der Waals surface area contributed by atoms with Gasteiger partial charge >= 0.3 is 0 Å². The molecule has 0 saturated carbocycles. The number of halogens is 2. The highest BCUT2D eigenvalue weighted by atomic mass is 19.1. The van der Waals surface area contributed by atoms with Gasteiger partial charge in [0.25, 0.3) is 0 Å². The monoisotopic (exact) mass is 355 g/mol. The van der Waals surface area contributed by atoms with Crippen LogP contribution in [-0.4, -0.2) is 29.1 Å². The molecule has 0 amide bonds. The van der Waals surface area contributed by atoms with Crippen molar-refractivity contribution in [1.82, 2.24) is 9.47 Å². The Kier molecular flexibility index (Phi) is 4.74. The van der Waals surface area contributed by atoms with Crippen LogP contribution in [0.2, 0.25) is 0 Å². The summed E-state index contributed by atoms with van der Waals surface area (Å²) in [7, 11) is 0. The molecule has 2 aromatic carbocycles. The largest absolute Gasteiger partial charge is 0.330 e. The summed E-state index contributed by atoms with van der Waals surface area (Å²) < 4.78 is 29.4. The number of unbranched alkanes of at least 4 members (excludes halogenated alkanes) is 1. The van der Waals surface area contributed by atoms with Crippen LogP contribution in [0, 0.1) is 11.6 Å². The molecule has 1 aliphatic heterocycles. The van der Waals surface area contributed by atoms with Gasteiger partial charge in [-0.1, -0.05) is 0 Å². The molecule has 0 saturated heterocycles. The minimum atomic E-state index is -0.254. The zero-order valence-electron chi connectivity index (χ0n) is 14.7. The average Bonchev–Trinajstić information content (AvgIpc) is 2.96. The number of nitrogens with two attached hydrogens (primary N) is 1. The Morgan fingerprint density at radius 1 is 0.962 bits per heavy atom. The molecule has 0 spiro atoms. The first kappa shape index (κ1) is 17.2. The fraction of sp³-hybridized carbons (Fsp3) is 0.333. The third-order valence-electron chi connectivity index (χ3n) is 5.20. The van der Waals surface area contributed by atoms with Crippen molar-refractivity contribution in [3.8, 4) is 5.69 Å². The number of hydrogen-bond acceptors (Lipinski definition) is 2. The minimum Gasteiger partial charge on any atom is -0.330 e. The van der Waals surface area contributed by atoms with E-state index in [0.29, 0.717) is 6.54 Å². The predicted molar refractivity (Wildman–Crippen MR) is 100 cm³/mol. The van der Waals surface area contributed by atoms with Crippen molar-refractivity contribution in [2.75, 3.05) is 19.6 Å². The van der Waals surface area contributed by atoms with Crippen LogP contribution in [0.25, 0.3) is 16.6 Å². The van der Waals surface area contributed by atoms with Gasteiger partial charge in [-0.15, -0.1) is 0 Å². The van der Waals surface area contributed by atoms with E-state index in [1.165, 1.54) is 29.5 Å². The molecule has 26 heavy (non-hydrogen) atoms. The third kappa shape index (κ3) is 3.13. The molecule has 2 heterocycles. The van der Waals surface area contributed by atoms with E-state index in [-0.39, 0.29) is 11.6 Å². The minimum absolute atomic E-state index is 0.225. The summed E-state index contributed by atoms with van der Waals surface area (Å²) in [5, 5.41) is 0.952. The summed E-state index contributed by atoms with van der Waals surface area (Å²) in [5.74, 6) is -0.479. The van der Waals surface area contributed by atoms with E-state index in [1.54, 1.807) is 18.2 Å². The van der Waals surface area contributed by atoms with Gasteiger partial charge in [0.2, 0.25) is 0 Å². The fourth-order valence-electron chi connectivity index (χ4n) is 3.94. The van der Waals surface area contributed by atoms with E-state index in [1.807, 2.05) is 6.07 Å². The van der Waals surface area contributed by atoms with Crippen molar-refractivity contribution in [2.45, 2.75) is 25.8 Å². The summed E-state index contributed by atoms with van der Waals surface area (Å²) in [6, 6.07) is 11.5. The maximum absolute atomic E-state index is 13.9. The molecular weight excluding hydrogens is 332 g/mol. The van der Waals surface area contributed by atoms with Crippen LogP contribution in [0.5, 0.6) is 0 Å². The van der Waals surface area contributed by atoms with E-state index in [9.17, 15) is 8.78 Å². The average molecular weight is 355 g/mol. The molecule has 0 atom stereocenters. The fourth-order valence-corrected chi connectivity index (χ4v) is 3.94. The van der Waals surface area contributed by atoms with Gasteiger partial charge in [0.05, 0.1) is 5.52 Å². The molecule has 3 aromatic rings. The molecule has 0 radical (unpaired) electrons. The zero-order valence-corrected chi connectivity index (χ0v) is 14.7. The SMILES string of the molecule is NCCCCN1CCc2c(c3cc(F)ccc3n2-c2ccc(F)cc2)C1. The highest BCUT2D eigenvalue weighted by molar-refractivity contribution is 5.87. The van der Waals surface area contributed by atoms with Gasteiger partial charge in [-0.3, -0.25) is 4.90 Å². The lowest BCUT2D eigenvalue weighted by molar-refractivity contribution is 0.249. The Balaban J connectivity index is 1.78. The Morgan fingerprint density at radius 2 is 1.73 bits per heavy atom. The van der Waals surface area contributed by atoms with Crippen molar-refractivity contribution in [2.24, 2.45) is 5.73 Å². The molecule has 1 aliphatic rings. The second-order valence-corrected chi connectivity index (χ2v) is 6.92. The maximum atomic E-state index is 13.9. The number of rotatable bonds is 5. The maximum Gasteiger partial charge on any atom is 0.123 e. The molecule has 3 nitrogen and oxygen atoms in total. The molecule has 0 bridgehead atoms. The Bertz CT molecular complexity index is 915. The Labute approximate surface area is 152 Å². The molecule has 136 valence electrons. The smallest absolute Gasteiger partial charge is 0.123 e. The highest BCUT2D eigenvalue weighted by Gasteiger charge is 2.24. The molecule has 0 unspecified atom stereocenters. The second-order valence-electron chi connectivity index (χ2n) is 6.92. The first-order valence-corrected chi connectivity index (χ1v) is 9.17. The first-order valence-electron chi connectivity index (χ1n) is 9.17. The van der Waals surface area contributed by atoms with Crippen LogP contribution in [-0.2, 0) is 13.0 Å². The topological polar surface area (TPSA) is 34.2 Å². The van der Waals surface area contributed by atoms with Crippen molar-refractivity contribution in [1.29, 1.82) is 0 Å². The zero-order chi connectivity index (χ0) is 18.1. The lowest BCUT2D eigenvalue weighted by atomic mass is 10.0. The summed E-state index contributed by atoms with van der Waals surface area (Å²) >= 11 is 0. The van der Waals surface area contributed by atoms with Gasteiger partial charge in [-0.2, -0.15) is 0 Å². The van der Waals surface area contributed by atoms with Crippen LogP contribution in [0.3, 0.4) is 0 Å². The normalized spacial score (nSPS) is 14.7. The van der Waals surface area contributed by atoms with E-state index in [0.717, 1.165) is 55.5 Å². The van der Waals surface area contributed by atoms with Gasteiger partial charge < -0.3 is 10.3 Å². The third-order valence-corrected chi connectivity index (χ3v) is 5.20. The summed E-state index contributed by atoms with van der Waals surface area (Å²) in [5.41, 5.74) is 9.88. The molecule has 1 aromatic heterocycles. The lowest BCUT2D eigenvalue weighted by Crippen LogP contribution is -2.32. The number of aromatic nitrogens is 1. The van der Waals surface area contributed by atoms with Gasteiger partial charge in [0.1, 0.15) is 11.6 Å². The quantitative estimate of drug-likeness (QED) is 0.702.